The summed E-state index contributed by atoms with van der Waals surface area (Å²) in [7, 11) is 0. The number of ether oxygens (including phenoxy) is 1. The molecule has 1 saturated heterocycles. The number of nitrogens with zero attached hydrogens (tertiary/aromatic N) is 1. The van der Waals surface area contributed by atoms with Gasteiger partial charge in [0.05, 0.1) is 16.4 Å². The quantitative estimate of drug-likeness (QED) is 0.545. The Morgan fingerprint density at radius 2 is 1.78 bits per heavy atom. The molecule has 0 unspecified atom stereocenters. The van der Waals surface area contributed by atoms with Crippen LogP contribution in [-0.4, -0.2) is 41.3 Å². The zero-order valence-electron chi connectivity index (χ0n) is 14.3. The van der Waals surface area contributed by atoms with Crippen molar-refractivity contribution >= 4 is 41.6 Å². The molecular formula is C19H18N2O4S2. The highest BCUT2D eigenvalue weighted by molar-refractivity contribution is 8.19. The lowest BCUT2D eigenvalue weighted by atomic mass is 10.1. The Kier molecular flexibility index (Phi) is 6.78. The number of benzene rings is 2. The highest BCUT2D eigenvalue weighted by Gasteiger charge is 2.17. The van der Waals surface area contributed by atoms with Crippen LogP contribution in [0.5, 0.6) is 5.75 Å². The molecule has 2 aromatic rings. The van der Waals surface area contributed by atoms with Gasteiger partial charge in [-0.3, -0.25) is 4.79 Å². The first-order valence-corrected chi connectivity index (χ1v) is 10.3. The van der Waals surface area contributed by atoms with Crippen molar-refractivity contribution in [3.63, 3.8) is 0 Å². The molecule has 0 saturated carbocycles. The summed E-state index contributed by atoms with van der Waals surface area (Å²) in [4.78, 5) is 22.6. The Balaban J connectivity index is 1.43. The fourth-order valence-corrected chi connectivity index (χ4v) is 5.20. The maximum atomic E-state index is 11.8. The van der Waals surface area contributed by atoms with E-state index in [4.69, 9.17) is 9.84 Å². The third-order valence-corrected chi connectivity index (χ3v) is 6.81. The topological polar surface area (TPSA) is 88.0 Å². The standard InChI is InChI=1S/C19H18N2O4S2/c22-17(21-20-11-13-1-3-14(4-2-13)18(23)24)12-25-16-7-5-15(6-8-16)19-26-9-10-27-19/h1-8,11,19H,9-10,12H2,(H,21,22)(H,23,24)/b20-11-. The first-order chi connectivity index (χ1) is 13.1. The number of nitrogens with one attached hydrogen (secondary N) is 1. The lowest BCUT2D eigenvalue weighted by Crippen LogP contribution is -2.24. The second kappa shape index (κ2) is 9.48. The molecule has 6 nitrogen and oxygen atoms in total. The normalized spacial score (nSPS) is 14.4. The van der Waals surface area contributed by atoms with E-state index >= 15 is 0 Å². The van der Waals surface area contributed by atoms with Gasteiger partial charge in [0.2, 0.25) is 0 Å². The fourth-order valence-electron chi connectivity index (χ4n) is 2.34. The fraction of sp³-hybridized carbons (Fsp3) is 0.211. The van der Waals surface area contributed by atoms with Crippen molar-refractivity contribution in [1.29, 1.82) is 0 Å². The molecule has 1 amide bonds. The molecular weight excluding hydrogens is 384 g/mol. The number of carboxylic acid groups (broad SMARTS) is 1. The summed E-state index contributed by atoms with van der Waals surface area (Å²) in [6.07, 6.45) is 1.44. The van der Waals surface area contributed by atoms with Crippen molar-refractivity contribution < 1.29 is 19.4 Å². The van der Waals surface area contributed by atoms with E-state index < -0.39 is 5.97 Å². The molecule has 0 radical (unpaired) electrons. The van der Waals surface area contributed by atoms with Crippen LogP contribution in [0.15, 0.2) is 53.6 Å². The van der Waals surface area contributed by atoms with E-state index in [1.807, 2.05) is 47.8 Å². The summed E-state index contributed by atoms with van der Waals surface area (Å²) in [5.41, 5.74) is 4.51. The van der Waals surface area contributed by atoms with E-state index in [1.165, 1.54) is 35.4 Å². The van der Waals surface area contributed by atoms with Crippen LogP contribution in [-0.2, 0) is 4.79 Å². The highest BCUT2D eigenvalue weighted by atomic mass is 32.2. The van der Waals surface area contributed by atoms with Gasteiger partial charge in [0.25, 0.3) is 5.91 Å². The molecule has 3 rings (SSSR count). The van der Waals surface area contributed by atoms with Gasteiger partial charge in [0, 0.05) is 11.5 Å². The van der Waals surface area contributed by atoms with E-state index in [0.29, 0.717) is 15.9 Å². The van der Waals surface area contributed by atoms with Crippen LogP contribution < -0.4 is 10.2 Å². The second-order valence-corrected chi connectivity index (χ2v) is 8.38. The van der Waals surface area contributed by atoms with Gasteiger partial charge in [0.15, 0.2) is 6.61 Å². The zero-order valence-corrected chi connectivity index (χ0v) is 16.0. The maximum absolute atomic E-state index is 11.8. The van der Waals surface area contributed by atoms with Crippen molar-refractivity contribution in [1.82, 2.24) is 5.43 Å². The molecule has 27 heavy (non-hydrogen) atoms. The predicted octanol–water partition coefficient (Wildman–Crippen LogP) is 3.39. The summed E-state index contributed by atoms with van der Waals surface area (Å²) in [5, 5.41) is 12.7. The Morgan fingerprint density at radius 1 is 1.11 bits per heavy atom. The van der Waals surface area contributed by atoms with Gasteiger partial charge in [-0.15, -0.1) is 23.5 Å². The Morgan fingerprint density at radius 3 is 2.41 bits per heavy atom. The smallest absolute Gasteiger partial charge is 0.335 e. The molecule has 1 aliphatic heterocycles. The van der Waals surface area contributed by atoms with Gasteiger partial charge in [-0.25, -0.2) is 10.2 Å². The minimum Gasteiger partial charge on any atom is -0.484 e. The average molecular weight is 402 g/mol. The molecule has 0 atom stereocenters. The van der Waals surface area contributed by atoms with Crippen LogP contribution in [0.4, 0.5) is 0 Å². The van der Waals surface area contributed by atoms with Crippen LogP contribution in [0.3, 0.4) is 0 Å². The SMILES string of the molecule is O=C(COc1ccc(C2SCCS2)cc1)N/N=C\c1ccc(C(=O)O)cc1. The number of carboxylic acids is 1. The van der Waals surface area contributed by atoms with Gasteiger partial charge in [-0.05, 0) is 35.4 Å². The zero-order chi connectivity index (χ0) is 19.1. The third-order valence-electron chi connectivity index (χ3n) is 3.70. The Hall–Kier alpha value is -2.45. The number of carbonyl (C=O) groups is 2. The predicted molar refractivity (Wildman–Crippen MR) is 109 cm³/mol. The van der Waals surface area contributed by atoms with Gasteiger partial charge >= 0.3 is 5.97 Å². The van der Waals surface area contributed by atoms with Crippen molar-refractivity contribution in [3.05, 3.63) is 65.2 Å². The number of aromatic carboxylic acids is 1. The molecule has 1 fully saturated rings. The van der Waals surface area contributed by atoms with Gasteiger partial charge in [0.1, 0.15) is 5.75 Å². The number of hydrogen-bond acceptors (Lipinski definition) is 6. The molecule has 1 heterocycles. The molecule has 8 heteroatoms. The Bertz CT molecular complexity index is 817. The van der Waals surface area contributed by atoms with E-state index in [0.717, 1.165) is 0 Å². The van der Waals surface area contributed by atoms with E-state index in [1.54, 1.807) is 12.1 Å². The number of hydrogen-bond donors (Lipinski definition) is 2. The first-order valence-electron chi connectivity index (χ1n) is 8.23. The molecule has 2 aromatic carbocycles. The van der Waals surface area contributed by atoms with Crippen LogP contribution in [0.1, 0.15) is 26.1 Å². The summed E-state index contributed by atoms with van der Waals surface area (Å²) >= 11 is 3.88. The molecule has 1 aliphatic rings. The summed E-state index contributed by atoms with van der Waals surface area (Å²) < 4.78 is 5.95. The minimum absolute atomic E-state index is 0.137. The van der Waals surface area contributed by atoms with Gasteiger partial charge in [-0.1, -0.05) is 24.3 Å². The molecule has 0 aromatic heterocycles. The van der Waals surface area contributed by atoms with Crippen molar-refractivity contribution in [2.45, 2.75) is 4.58 Å². The van der Waals surface area contributed by atoms with E-state index in [9.17, 15) is 9.59 Å². The monoisotopic (exact) mass is 402 g/mol. The second-order valence-electron chi connectivity index (χ2n) is 5.65. The Labute approximate surface area is 165 Å². The average Bonchev–Trinajstić information content (AvgIpc) is 3.22. The number of hydrazone groups is 1. The maximum Gasteiger partial charge on any atom is 0.335 e. The largest absolute Gasteiger partial charge is 0.484 e. The first kappa shape index (κ1) is 19.3. The number of rotatable bonds is 7. The van der Waals surface area contributed by atoms with Crippen molar-refractivity contribution in [2.75, 3.05) is 18.1 Å². The molecule has 0 aliphatic carbocycles. The van der Waals surface area contributed by atoms with E-state index in [-0.39, 0.29) is 18.1 Å². The van der Waals surface area contributed by atoms with Crippen molar-refractivity contribution in [3.8, 4) is 5.75 Å². The summed E-state index contributed by atoms with van der Waals surface area (Å²) in [5.74, 6) is 1.63. The number of thioether (sulfide) groups is 2. The third kappa shape index (κ3) is 5.77. The summed E-state index contributed by atoms with van der Waals surface area (Å²) in [6.45, 7) is -0.137. The van der Waals surface area contributed by atoms with Gasteiger partial charge in [-0.2, -0.15) is 5.10 Å². The number of carbonyl (C=O) groups excluding carboxylic acids is 1. The molecule has 0 bridgehead atoms. The van der Waals surface area contributed by atoms with Crippen LogP contribution in [0.25, 0.3) is 0 Å². The highest BCUT2D eigenvalue weighted by Crippen LogP contribution is 2.45. The van der Waals surface area contributed by atoms with Crippen molar-refractivity contribution in [2.24, 2.45) is 5.10 Å². The number of amides is 1. The minimum atomic E-state index is -0.988. The summed E-state index contributed by atoms with van der Waals surface area (Å²) in [6, 6.07) is 14.0. The van der Waals surface area contributed by atoms with Crippen LogP contribution >= 0.6 is 23.5 Å². The van der Waals surface area contributed by atoms with Gasteiger partial charge < -0.3 is 9.84 Å². The molecule has 0 spiro atoms. The lowest BCUT2D eigenvalue weighted by molar-refractivity contribution is -0.123. The lowest BCUT2D eigenvalue weighted by Gasteiger charge is -2.10. The van der Waals surface area contributed by atoms with E-state index in [2.05, 4.69) is 10.5 Å². The van der Waals surface area contributed by atoms with Crippen LogP contribution in [0, 0.1) is 0 Å². The van der Waals surface area contributed by atoms with Crippen LogP contribution in [0.2, 0.25) is 0 Å². The molecule has 2 N–H and O–H groups in total. The molecule has 140 valence electrons.